The highest BCUT2D eigenvalue weighted by molar-refractivity contribution is 8.00. The fourth-order valence-corrected chi connectivity index (χ4v) is 3.88. The molecule has 1 unspecified atom stereocenters. The molecule has 9 heteroatoms. The molecule has 7 nitrogen and oxygen atoms in total. The number of carbonyl (C=O) groups is 2. The van der Waals surface area contributed by atoms with Gasteiger partial charge in [0.2, 0.25) is 5.91 Å². The molecule has 0 aliphatic heterocycles. The van der Waals surface area contributed by atoms with E-state index in [0.29, 0.717) is 5.56 Å². The summed E-state index contributed by atoms with van der Waals surface area (Å²) in [7, 11) is -3.91. The number of rotatable bonds is 9. The van der Waals surface area contributed by atoms with Crippen molar-refractivity contribution in [2.75, 3.05) is 5.75 Å². The first-order valence-corrected chi connectivity index (χ1v) is 10.1. The van der Waals surface area contributed by atoms with Gasteiger partial charge in [-0.3, -0.25) is 4.79 Å². The smallest absolute Gasteiger partial charge is 0.312 e. The predicted octanol–water partition coefficient (Wildman–Crippen LogP) is 1.58. The molecule has 1 aromatic rings. The van der Waals surface area contributed by atoms with Crippen LogP contribution < -0.4 is 15.8 Å². The molecular formula is C15H23N3O4S2. The second kappa shape index (κ2) is 9.53. The van der Waals surface area contributed by atoms with Gasteiger partial charge in [0.25, 0.3) is 10.0 Å². The Morgan fingerprint density at radius 3 is 2.42 bits per heavy atom. The maximum Gasteiger partial charge on any atom is 0.312 e. The zero-order chi connectivity index (χ0) is 18.2. The quantitative estimate of drug-likeness (QED) is 0.568. The number of nitrogens with one attached hydrogen (secondary N) is 2. The number of nitrogens with two attached hydrogens (primary N) is 1. The third-order valence-electron chi connectivity index (χ3n) is 3.17. The van der Waals surface area contributed by atoms with Crippen LogP contribution in [0.4, 0.5) is 4.79 Å². The van der Waals surface area contributed by atoms with Gasteiger partial charge in [-0.2, -0.15) is 0 Å². The number of benzene rings is 1. The molecule has 1 rings (SSSR count). The first kappa shape index (κ1) is 20.3. The average Bonchev–Trinajstić information content (AvgIpc) is 2.53. The SMILES string of the molecule is CCCCSC(C)C(=O)NS(=O)(=O)c1ccc(CNC(N)=O)cc1. The van der Waals surface area contributed by atoms with Gasteiger partial charge in [0.15, 0.2) is 0 Å². The van der Waals surface area contributed by atoms with Crippen molar-refractivity contribution >= 4 is 33.7 Å². The molecule has 0 spiro atoms. The van der Waals surface area contributed by atoms with E-state index in [-0.39, 0.29) is 11.4 Å². The molecule has 0 radical (unpaired) electrons. The Balaban J connectivity index is 2.67. The van der Waals surface area contributed by atoms with Crippen LogP contribution in [-0.4, -0.2) is 31.4 Å². The van der Waals surface area contributed by atoms with E-state index in [9.17, 15) is 18.0 Å². The standard InChI is InChI=1S/C15H23N3O4S2/c1-3-4-9-23-11(2)14(19)18-24(21,22)13-7-5-12(6-8-13)10-17-15(16)20/h5-8,11H,3-4,9-10H2,1-2H3,(H,18,19)(H3,16,17,20). The summed E-state index contributed by atoms with van der Waals surface area (Å²) in [4.78, 5) is 22.6. The molecule has 1 aromatic carbocycles. The second-order valence-corrected chi connectivity index (χ2v) is 8.33. The summed E-state index contributed by atoms with van der Waals surface area (Å²) in [5.74, 6) is 0.280. The molecule has 0 heterocycles. The highest BCUT2D eigenvalue weighted by Crippen LogP contribution is 2.15. The van der Waals surface area contributed by atoms with Crippen LogP contribution in [0.15, 0.2) is 29.2 Å². The lowest BCUT2D eigenvalue weighted by Gasteiger charge is -2.12. The normalized spacial score (nSPS) is 12.4. The van der Waals surface area contributed by atoms with Crippen LogP contribution in [0.2, 0.25) is 0 Å². The number of hydrogen-bond acceptors (Lipinski definition) is 5. The van der Waals surface area contributed by atoms with Gasteiger partial charge in [0.05, 0.1) is 10.1 Å². The molecular weight excluding hydrogens is 350 g/mol. The zero-order valence-corrected chi connectivity index (χ0v) is 15.4. The lowest BCUT2D eigenvalue weighted by Crippen LogP contribution is -2.36. The van der Waals surface area contributed by atoms with Crippen molar-refractivity contribution in [3.63, 3.8) is 0 Å². The summed E-state index contributed by atoms with van der Waals surface area (Å²) >= 11 is 1.43. The summed E-state index contributed by atoms with van der Waals surface area (Å²) in [6, 6.07) is 5.20. The number of carbonyl (C=O) groups excluding carboxylic acids is 2. The van der Waals surface area contributed by atoms with Crippen LogP contribution in [0.3, 0.4) is 0 Å². The number of amides is 3. The summed E-state index contributed by atoms with van der Waals surface area (Å²) in [5, 5.41) is 1.97. The van der Waals surface area contributed by atoms with Crippen LogP contribution in [0.1, 0.15) is 32.3 Å². The number of primary amides is 1. The largest absolute Gasteiger partial charge is 0.352 e. The van der Waals surface area contributed by atoms with Crippen molar-refractivity contribution in [2.45, 2.75) is 43.4 Å². The fourth-order valence-electron chi connectivity index (χ4n) is 1.73. The van der Waals surface area contributed by atoms with Gasteiger partial charge in [-0.15, -0.1) is 11.8 Å². The monoisotopic (exact) mass is 373 g/mol. The van der Waals surface area contributed by atoms with E-state index in [4.69, 9.17) is 5.73 Å². The van der Waals surface area contributed by atoms with Gasteiger partial charge in [0.1, 0.15) is 0 Å². The van der Waals surface area contributed by atoms with E-state index in [2.05, 4.69) is 17.0 Å². The van der Waals surface area contributed by atoms with Crippen LogP contribution >= 0.6 is 11.8 Å². The molecule has 4 N–H and O–H groups in total. The summed E-state index contributed by atoms with van der Waals surface area (Å²) in [6.07, 6.45) is 2.01. The third-order valence-corrected chi connectivity index (χ3v) is 5.77. The van der Waals surface area contributed by atoms with Crippen molar-refractivity contribution in [1.82, 2.24) is 10.0 Å². The van der Waals surface area contributed by atoms with E-state index in [1.54, 1.807) is 19.1 Å². The average molecular weight is 374 g/mol. The van der Waals surface area contributed by atoms with E-state index in [1.165, 1.54) is 23.9 Å². The highest BCUT2D eigenvalue weighted by Gasteiger charge is 2.21. The highest BCUT2D eigenvalue weighted by atomic mass is 32.2. The lowest BCUT2D eigenvalue weighted by molar-refractivity contribution is -0.118. The molecule has 0 aliphatic rings. The van der Waals surface area contributed by atoms with Gasteiger partial charge in [0, 0.05) is 6.54 Å². The fraction of sp³-hybridized carbons (Fsp3) is 0.467. The van der Waals surface area contributed by atoms with E-state index in [1.807, 2.05) is 0 Å². The predicted molar refractivity (Wildman–Crippen MR) is 95.0 cm³/mol. The molecule has 0 fully saturated rings. The first-order chi connectivity index (χ1) is 11.3. The topological polar surface area (TPSA) is 118 Å². The number of hydrogen-bond donors (Lipinski definition) is 3. The maximum atomic E-state index is 12.2. The van der Waals surface area contributed by atoms with Gasteiger partial charge in [-0.25, -0.2) is 17.9 Å². The Hall–Kier alpha value is -1.74. The molecule has 0 bridgehead atoms. The van der Waals surface area contributed by atoms with Crippen LogP contribution in [-0.2, 0) is 21.4 Å². The van der Waals surface area contributed by atoms with E-state index >= 15 is 0 Å². The Labute approximate surface area is 146 Å². The number of thioether (sulfide) groups is 1. The van der Waals surface area contributed by atoms with Gasteiger partial charge in [-0.05, 0) is 36.8 Å². The second-order valence-electron chi connectivity index (χ2n) is 5.20. The number of unbranched alkanes of at least 4 members (excludes halogenated alkanes) is 1. The molecule has 134 valence electrons. The van der Waals surface area contributed by atoms with Crippen molar-refractivity contribution in [3.05, 3.63) is 29.8 Å². The van der Waals surface area contributed by atoms with E-state index in [0.717, 1.165) is 18.6 Å². The number of sulfonamides is 1. The maximum absolute atomic E-state index is 12.2. The summed E-state index contributed by atoms with van der Waals surface area (Å²) in [5.41, 5.74) is 5.67. The molecule has 3 amide bonds. The Morgan fingerprint density at radius 2 is 1.88 bits per heavy atom. The van der Waals surface area contributed by atoms with Crippen molar-refractivity contribution in [3.8, 4) is 0 Å². The minimum atomic E-state index is -3.91. The minimum absolute atomic E-state index is 0.00978. The molecule has 0 saturated carbocycles. The van der Waals surface area contributed by atoms with Crippen LogP contribution in [0, 0.1) is 0 Å². The third kappa shape index (κ3) is 6.79. The minimum Gasteiger partial charge on any atom is -0.352 e. The number of urea groups is 1. The lowest BCUT2D eigenvalue weighted by atomic mass is 10.2. The molecule has 24 heavy (non-hydrogen) atoms. The zero-order valence-electron chi connectivity index (χ0n) is 13.7. The van der Waals surface area contributed by atoms with Crippen molar-refractivity contribution in [2.24, 2.45) is 5.73 Å². The van der Waals surface area contributed by atoms with Gasteiger partial charge in [-0.1, -0.05) is 25.5 Å². The van der Waals surface area contributed by atoms with Crippen LogP contribution in [0.5, 0.6) is 0 Å². The van der Waals surface area contributed by atoms with Gasteiger partial charge < -0.3 is 11.1 Å². The molecule has 0 aromatic heterocycles. The van der Waals surface area contributed by atoms with E-state index < -0.39 is 27.2 Å². The molecule has 1 atom stereocenters. The summed E-state index contributed by atoms with van der Waals surface area (Å²) in [6.45, 7) is 3.94. The van der Waals surface area contributed by atoms with Crippen molar-refractivity contribution < 1.29 is 18.0 Å². The van der Waals surface area contributed by atoms with Gasteiger partial charge >= 0.3 is 6.03 Å². The molecule has 0 saturated heterocycles. The Bertz CT molecular complexity index is 660. The Morgan fingerprint density at radius 1 is 1.25 bits per heavy atom. The Kier molecular flexibility index (Phi) is 8.06. The summed E-state index contributed by atoms with van der Waals surface area (Å²) < 4.78 is 26.5. The molecule has 0 aliphatic carbocycles. The van der Waals surface area contributed by atoms with Crippen molar-refractivity contribution in [1.29, 1.82) is 0 Å². The first-order valence-electron chi connectivity index (χ1n) is 7.56. The van der Waals surface area contributed by atoms with Crippen LogP contribution in [0.25, 0.3) is 0 Å².